The summed E-state index contributed by atoms with van der Waals surface area (Å²) in [6, 6.07) is 8.98. The molecule has 0 bridgehead atoms. The van der Waals surface area contributed by atoms with Crippen molar-refractivity contribution < 1.29 is 4.74 Å². The van der Waals surface area contributed by atoms with Crippen LogP contribution in [0.3, 0.4) is 0 Å². The number of ether oxygens (including phenoxy) is 1. The van der Waals surface area contributed by atoms with E-state index in [9.17, 15) is 0 Å². The molecule has 0 saturated carbocycles. The normalized spacial score (nSPS) is 12.8. The minimum absolute atomic E-state index is 0.540. The van der Waals surface area contributed by atoms with Gasteiger partial charge in [0.15, 0.2) is 0 Å². The van der Waals surface area contributed by atoms with E-state index < -0.39 is 0 Å². The van der Waals surface area contributed by atoms with E-state index in [1.54, 1.807) is 7.11 Å². The third kappa shape index (κ3) is 3.86. The second-order valence-corrected chi connectivity index (χ2v) is 4.54. The van der Waals surface area contributed by atoms with Crippen molar-refractivity contribution in [1.29, 1.82) is 0 Å². The summed E-state index contributed by atoms with van der Waals surface area (Å²) in [4.78, 5) is 0. The molecule has 0 fully saturated rings. The third-order valence-corrected chi connectivity index (χ3v) is 2.83. The topological polar surface area (TPSA) is 21.3 Å². The molecule has 0 spiro atoms. The average Bonchev–Trinajstić information content (AvgIpc) is 2.26. The number of anilines is 1. The summed E-state index contributed by atoms with van der Waals surface area (Å²) in [6.07, 6.45) is 1.15. The van der Waals surface area contributed by atoms with E-state index in [-0.39, 0.29) is 0 Å². The van der Waals surface area contributed by atoms with Crippen molar-refractivity contribution in [3.63, 3.8) is 0 Å². The zero-order valence-electron chi connectivity index (χ0n) is 10.8. The summed E-state index contributed by atoms with van der Waals surface area (Å²) >= 11 is 0. The van der Waals surface area contributed by atoms with Gasteiger partial charge < -0.3 is 10.1 Å². The number of rotatable bonds is 6. The van der Waals surface area contributed by atoms with Crippen LogP contribution in [0.5, 0.6) is 0 Å². The van der Waals surface area contributed by atoms with Crippen LogP contribution in [0.4, 0.5) is 5.69 Å². The minimum atomic E-state index is 0.540. The van der Waals surface area contributed by atoms with Crippen LogP contribution in [-0.4, -0.2) is 13.2 Å². The number of nitrogens with one attached hydrogen (secondary N) is 1. The molecule has 16 heavy (non-hydrogen) atoms. The van der Waals surface area contributed by atoms with Crippen LogP contribution in [0.15, 0.2) is 24.3 Å². The number of methoxy groups -OCH3 is 1. The molecular weight excluding hydrogens is 198 g/mol. The Bertz CT molecular complexity index is 309. The quantitative estimate of drug-likeness (QED) is 0.791. The Labute approximate surface area is 99.0 Å². The first-order valence-electron chi connectivity index (χ1n) is 6.01. The van der Waals surface area contributed by atoms with Gasteiger partial charge >= 0.3 is 0 Å². The van der Waals surface area contributed by atoms with Gasteiger partial charge in [-0.2, -0.15) is 0 Å². The molecule has 0 aliphatic carbocycles. The molecule has 0 aliphatic rings. The molecule has 1 aromatic carbocycles. The third-order valence-electron chi connectivity index (χ3n) is 2.83. The lowest BCUT2D eigenvalue weighted by molar-refractivity contribution is 0.185. The van der Waals surface area contributed by atoms with Gasteiger partial charge in [-0.15, -0.1) is 0 Å². The summed E-state index contributed by atoms with van der Waals surface area (Å²) in [6.45, 7) is 7.39. The lowest BCUT2D eigenvalue weighted by Gasteiger charge is -2.22. The molecule has 1 atom stereocenters. The molecule has 0 saturated heterocycles. The molecule has 0 radical (unpaired) electrons. The maximum absolute atomic E-state index is 5.13. The largest absolute Gasteiger partial charge is 0.382 e. The molecule has 0 heterocycles. The fourth-order valence-electron chi connectivity index (χ4n) is 1.87. The molecule has 2 nitrogen and oxygen atoms in total. The first-order chi connectivity index (χ1) is 7.67. The lowest BCUT2D eigenvalue weighted by atomic mass is 10.0. The first-order valence-corrected chi connectivity index (χ1v) is 6.01. The Kier molecular flexibility index (Phi) is 5.33. The van der Waals surface area contributed by atoms with Gasteiger partial charge in [-0.3, -0.25) is 0 Å². The SMILES string of the molecule is CCC(Nc1cccc(COC)c1)C(C)C. The van der Waals surface area contributed by atoms with Crippen LogP contribution < -0.4 is 5.32 Å². The van der Waals surface area contributed by atoms with Gasteiger partial charge in [0, 0.05) is 18.8 Å². The molecule has 0 aromatic heterocycles. The highest BCUT2D eigenvalue weighted by atomic mass is 16.5. The van der Waals surface area contributed by atoms with Gasteiger partial charge in [0.25, 0.3) is 0 Å². The van der Waals surface area contributed by atoms with Gasteiger partial charge in [-0.05, 0) is 30.0 Å². The fourth-order valence-corrected chi connectivity index (χ4v) is 1.87. The number of hydrogen-bond acceptors (Lipinski definition) is 2. The highest BCUT2D eigenvalue weighted by Gasteiger charge is 2.10. The second-order valence-electron chi connectivity index (χ2n) is 4.54. The average molecular weight is 221 g/mol. The van der Waals surface area contributed by atoms with E-state index in [1.165, 1.54) is 11.3 Å². The summed E-state index contributed by atoms with van der Waals surface area (Å²) in [5, 5.41) is 3.57. The lowest BCUT2D eigenvalue weighted by Crippen LogP contribution is -2.24. The molecule has 0 amide bonds. The number of benzene rings is 1. The maximum Gasteiger partial charge on any atom is 0.0713 e. The standard InChI is InChI=1S/C14H23NO/c1-5-14(11(2)3)15-13-8-6-7-12(9-13)10-16-4/h6-9,11,14-15H,5,10H2,1-4H3. The van der Waals surface area contributed by atoms with Gasteiger partial charge in [0.2, 0.25) is 0 Å². The van der Waals surface area contributed by atoms with Gasteiger partial charge in [0.1, 0.15) is 0 Å². The Balaban J connectivity index is 2.68. The molecular formula is C14H23NO. The van der Waals surface area contributed by atoms with E-state index in [0.29, 0.717) is 18.6 Å². The summed E-state index contributed by atoms with van der Waals surface area (Å²) in [7, 11) is 1.73. The highest BCUT2D eigenvalue weighted by Crippen LogP contribution is 2.16. The summed E-state index contributed by atoms with van der Waals surface area (Å²) in [5.41, 5.74) is 2.40. The smallest absolute Gasteiger partial charge is 0.0713 e. The zero-order valence-corrected chi connectivity index (χ0v) is 10.8. The Morgan fingerprint density at radius 3 is 2.62 bits per heavy atom. The molecule has 2 heteroatoms. The van der Waals surface area contributed by atoms with Crippen LogP contribution in [0, 0.1) is 5.92 Å². The monoisotopic (exact) mass is 221 g/mol. The van der Waals surface area contributed by atoms with Crippen molar-refractivity contribution in [1.82, 2.24) is 0 Å². The summed E-state index contributed by atoms with van der Waals surface area (Å²) in [5.74, 6) is 0.649. The van der Waals surface area contributed by atoms with Crippen molar-refractivity contribution in [3.05, 3.63) is 29.8 Å². The Morgan fingerprint density at radius 2 is 2.06 bits per heavy atom. The first kappa shape index (κ1) is 13.0. The van der Waals surface area contributed by atoms with Crippen LogP contribution >= 0.6 is 0 Å². The van der Waals surface area contributed by atoms with Crippen molar-refractivity contribution in [2.24, 2.45) is 5.92 Å². The van der Waals surface area contributed by atoms with Crippen LogP contribution in [0.2, 0.25) is 0 Å². The molecule has 1 aromatic rings. The van der Waals surface area contributed by atoms with Crippen molar-refractivity contribution >= 4 is 5.69 Å². The van der Waals surface area contributed by atoms with Crippen molar-refractivity contribution in [2.45, 2.75) is 39.8 Å². The Morgan fingerprint density at radius 1 is 1.31 bits per heavy atom. The predicted molar refractivity (Wildman–Crippen MR) is 69.7 cm³/mol. The highest BCUT2D eigenvalue weighted by molar-refractivity contribution is 5.46. The van der Waals surface area contributed by atoms with E-state index >= 15 is 0 Å². The van der Waals surface area contributed by atoms with Crippen LogP contribution in [0.1, 0.15) is 32.8 Å². The minimum Gasteiger partial charge on any atom is -0.382 e. The van der Waals surface area contributed by atoms with E-state index in [1.807, 2.05) is 0 Å². The predicted octanol–water partition coefficient (Wildman–Crippen LogP) is 3.68. The van der Waals surface area contributed by atoms with Crippen LogP contribution in [-0.2, 0) is 11.3 Å². The van der Waals surface area contributed by atoms with E-state index in [4.69, 9.17) is 4.74 Å². The molecule has 1 N–H and O–H groups in total. The molecule has 90 valence electrons. The van der Waals surface area contributed by atoms with Gasteiger partial charge in [0.05, 0.1) is 6.61 Å². The molecule has 0 aliphatic heterocycles. The van der Waals surface area contributed by atoms with Crippen LogP contribution in [0.25, 0.3) is 0 Å². The maximum atomic E-state index is 5.13. The molecule has 1 unspecified atom stereocenters. The number of hydrogen-bond donors (Lipinski definition) is 1. The summed E-state index contributed by atoms with van der Waals surface area (Å²) < 4.78 is 5.13. The van der Waals surface area contributed by atoms with E-state index in [0.717, 1.165) is 6.42 Å². The fraction of sp³-hybridized carbons (Fsp3) is 0.571. The van der Waals surface area contributed by atoms with Gasteiger partial charge in [-0.1, -0.05) is 32.9 Å². The van der Waals surface area contributed by atoms with Crippen molar-refractivity contribution in [3.8, 4) is 0 Å². The zero-order chi connectivity index (χ0) is 12.0. The molecule has 1 rings (SSSR count). The second kappa shape index (κ2) is 6.54. The van der Waals surface area contributed by atoms with E-state index in [2.05, 4.69) is 50.4 Å². The van der Waals surface area contributed by atoms with Crippen molar-refractivity contribution in [2.75, 3.05) is 12.4 Å². The van der Waals surface area contributed by atoms with Gasteiger partial charge in [-0.25, -0.2) is 0 Å². The Hall–Kier alpha value is -1.02.